The Morgan fingerprint density at radius 1 is 1.28 bits per heavy atom. The smallest absolute Gasteiger partial charge is 0.309 e. The van der Waals surface area contributed by atoms with Crippen LogP contribution in [0.2, 0.25) is 0 Å². The normalized spacial score (nSPS) is 31.2. The Morgan fingerprint density at radius 2 is 1.94 bits per heavy atom. The van der Waals surface area contributed by atoms with Crippen LogP contribution in [0.15, 0.2) is 6.20 Å². The second kappa shape index (κ2) is 8.36. The third-order valence-electron chi connectivity index (χ3n) is 7.66. The largest absolute Gasteiger partial charge is 0.481 e. The number of nitrogens with one attached hydrogen (secondary N) is 1. The summed E-state index contributed by atoms with van der Waals surface area (Å²) in [7, 11) is 0. The fourth-order valence-corrected chi connectivity index (χ4v) is 6.03. The summed E-state index contributed by atoms with van der Waals surface area (Å²) in [4.78, 5) is 24.8. The van der Waals surface area contributed by atoms with Crippen LogP contribution in [-0.4, -0.2) is 50.1 Å². The fraction of sp³-hybridized carbons (Fsp3) is 0.792. The molecule has 1 aromatic heterocycles. The van der Waals surface area contributed by atoms with Gasteiger partial charge >= 0.3 is 5.97 Å². The van der Waals surface area contributed by atoms with Crippen molar-refractivity contribution >= 4 is 11.9 Å². The number of aryl methyl sites for hydroxylation is 1. The van der Waals surface area contributed by atoms with Gasteiger partial charge in [0.25, 0.3) is 5.91 Å². The number of aliphatic carboxylic acids is 1. The zero-order chi connectivity index (χ0) is 23.3. The van der Waals surface area contributed by atoms with Crippen LogP contribution in [0, 0.1) is 29.1 Å². The van der Waals surface area contributed by atoms with Gasteiger partial charge in [-0.25, -0.2) is 4.68 Å². The molecule has 2 atom stereocenters. The predicted molar refractivity (Wildman–Crippen MR) is 118 cm³/mol. The number of carboxylic acids is 1. The summed E-state index contributed by atoms with van der Waals surface area (Å²) in [6.07, 6.45) is 6.50. The van der Waals surface area contributed by atoms with Gasteiger partial charge in [-0.1, -0.05) is 13.8 Å². The lowest BCUT2D eigenvalue weighted by Gasteiger charge is -2.58. The van der Waals surface area contributed by atoms with Crippen molar-refractivity contribution in [2.45, 2.75) is 84.4 Å². The number of aliphatic hydroxyl groups is 1. The van der Waals surface area contributed by atoms with E-state index in [1.54, 1.807) is 18.5 Å². The Morgan fingerprint density at radius 3 is 2.50 bits per heavy atom. The number of hydrogen-bond donors (Lipinski definition) is 3. The Bertz CT molecular complexity index is 861. The van der Waals surface area contributed by atoms with E-state index in [2.05, 4.69) is 10.4 Å². The molecule has 4 bridgehead atoms. The molecule has 8 nitrogen and oxygen atoms in total. The molecular formula is C24H37N3O5. The van der Waals surface area contributed by atoms with Crippen molar-refractivity contribution in [3.05, 3.63) is 11.8 Å². The minimum atomic E-state index is -0.898. The first-order chi connectivity index (χ1) is 15.0. The summed E-state index contributed by atoms with van der Waals surface area (Å²) in [6.45, 7) is 8.23. The van der Waals surface area contributed by atoms with Crippen molar-refractivity contribution in [3.8, 4) is 5.88 Å². The van der Waals surface area contributed by atoms with E-state index in [0.29, 0.717) is 48.8 Å². The van der Waals surface area contributed by atoms with E-state index in [1.807, 2.05) is 13.8 Å². The van der Waals surface area contributed by atoms with Crippen molar-refractivity contribution in [1.82, 2.24) is 15.1 Å². The highest BCUT2D eigenvalue weighted by atomic mass is 16.5. The molecule has 5 rings (SSSR count). The number of ether oxygens (including phenoxy) is 1. The average Bonchev–Trinajstić information content (AvgIpc) is 3.09. The molecule has 178 valence electrons. The second-order valence-corrected chi connectivity index (χ2v) is 11.4. The molecule has 4 aliphatic carbocycles. The summed E-state index contributed by atoms with van der Waals surface area (Å²) in [5.41, 5.74) is -1.04. The van der Waals surface area contributed by atoms with Gasteiger partial charge in [-0.3, -0.25) is 9.59 Å². The van der Waals surface area contributed by atoms with Crippen LogP contribution < -0.4 is 10.1 Å². The molecule has 0 saturated heterocycles. The molecule has 0 radical (unpaired) electrons. The molecule has 1 amide bonds. The van der Waals surface area contributed by atoms with Crippen molar-refractivity contribution in [2.75, 3.05) is 6.61 Å². The predicted octanol–water partition coefficient (Wildman–Crippen LogP) is 3.09. The number of carbonyl (C=O) groups excluding carboxylic acids is 1. The third kappa shape index (κ3) is 4.51. The number of nitrogens with zero attached hydrogens (tertiary/aromatic N) is 2. The number of aromatic nitrogens is 2. The van der Waals surface area contributed by atoms with E-state index in [0.717, 1.165) is 32.1 Å². The highest BCUT2D eigenvalue weighted by Crippen LogP contribution is 2.55. The quantitative estimate of drug-likeness (QED) is 0.536. The Balaban J connectivity index is 1.50. The van der Waals surface area contributed by atoms with E-state index in [9.17, 15) is 19.8 Å². The summed E-state index contributed by atoms with van der Waals surface area (Å²) in [5.74, 6) is 0.835. The Kier molecular flexibility index (Phi) is 6.03. The van der Waals surface area contributed by atoms with Crippen LogP contribution in [-0.2, 0) is 11.3 Å². The molecule has 3 N–H and O–H groups in total. The van der Waals surface area contributed by atoms with E-state index < -0.39 is 17.0 Å². The first-order valence-corrected chi connectivity index (χ1v) is 11.9. The number of hydrogen-bond acceptors (Lipinski definition) is 5. The van der Waals surface area contributed by atoms with Gasteiger partial charge in [-0.05, 0) is 76.0 Å². The third-order valence-corrected chi connectivity index (χ3v) is 7.66. The topological polar surface area (TPSA) is 114 Å². The van der Waals surface area contributed by atoms with Gasteiger partial charge in [-0.2, -0.15) is 5.10 Å². The molecule has 2 unspecified atom stereocenters. The molecule has 1 aromatic rings. The molecule has 4 saturated carbocycles. The average molecular weight is 448 g/mol. The molecule has 0 aliphatic heterocycles. The van der Waals surface area contributed by atoms with Crippen LogP contribution in [0.5, 0.6) is 5.88 Å². The van der Waals surface area contributed by atoms with Crippen molar-refractivity contribution in [1.29, 1.82) is 0 Å². The number of carbonyl (C=O) groups is 2. The van der Waals surface area contributed by atoms with Gasteiger partial charge in [-0.15, -0.1) is 0 Å². The first-order valence-electron chi connectivity index (χ1n) is 11.9. The van der Waals surface area contributed by atoms with E-state index in [-0.39, 0.29) is 17.9 Å². The zero-order valence-corrected chi connectivity index (χ0v) is 19.6. The highest BCUT2D eigenvalue weighted by molar-refractivity contribution is 5.96. The van der Waals surface area contributed by atoms with Gasteiger partial charge in [0.15, 0.2) is 0 Å². The molecule has 0 spiro atoms. The summed E-state index contributed by atoms with van der Waals surface area (Å²) >= 11 is 0. The molecule has 4 aliphatic rings. The molecule has 32 heavy (non-hydrogen) atoms. The van der Waals surface area contributed by atoms with Crippen molar-refractivity contribution < 1.29 is 24.5 Å². The molecule has 4 fully saturated rings. The van der Waals surface area contributed by atoms with Gasteiger partial charge in [0.05, 0.1) is 23.8 Å². The van der Waals surface area contributed by atoms with E-state index in [4.69, 9.17) is 4.74 Å². The summed E-state index contributed by atoms with van der Waals surface area (Å²) in [5, 5.41) is 27.9. The van der Waals surface area contributed by atoms with Gasteiger partial charge in [0.1, 0.15) is 5.56 Å². The Labute approximate surface area is 189 Å². The number of rotatable bonds is 9. The first kappa shape index (κ1) is 23.1. The van der Waals surface area contributed by atoms with Crippen LogP contribution in [0.25, 0.3) is 0 Å². The van der Waals surface area contributed by atoms with Crippen molar-refractivity contribution in [2.24, 2.45) is 29.1 Å². The Hall–Kier alpha value is -2.09. The fourth-order valence-electron chi connectivity index (χ4n) is 6.03. The molecular weight excluding hydrogens is 410 g/mol. The zero-order valence-electron chi connectivity index (χ0n) is 19.6. The minimum Gasteiger partial charge on any atom is -0.481 e. The number of amides is 1. The van der Waals surface area contributed by atoms with Gasteiger partial charge in [0.2, 0.25) is 5.88 Å². The highest BCUT2D eigenvalue weighted by Gasteiger charge is 2.55. The van der Waals surface area contributed by atoms with Crippen LogP contribution in [0.1, 0.15) is 76.6 Å². The second-order valence-electron chi connectivity index (χ2n) is 11.4. The summed E-state index contributed by atoms with van der Waals surface area (Å²) in [6, 6.07) is 0.0755. The standard InChI is InChI=1S/C24H37N3O5/c1-14(2)13-32-21-18(12-25-27(21)6-5-23(3,4)22(29)30)20(28)26-19-16-7-15-8-17(19)11-24(31,9-15)10-16/h12,14-17,19,31H,5-11,13H2,1-4H3,(H,26,28)(H,29,30). The van der Waals surface area contributed by atoms with Crippen molar-refractivity contribution in [3.63, 3.8) is 0 Å². The molecule has 1 heterocycles. The van der Waals surface area contributed by atoms with E-state index in [1.165, 1.54) is 6.20 Å². The van der Waals surface area contributed by atoms with Crippen LogP contribution >= 0.6 is 0 Å². The maximum Gasteiger partial charge on any atom is 0.309 e. The maximum atomic E-state index is 13.3. The molecule has 8 heteroatoms. The minimum absolute atomic E-state index is 0.0755. The van der Waals surface area contributed by atoms with Crippen LogP contribution in [0.4, 0.5) is 0 Å². The molecule has 0 aromatic carbocycles. The van der Waals surface area contributed by atoms with Gasteiger partial charge < -0.3 is 20.3 Å². The number of carboxylic acid groups (broad SMARTS) is 1. The van der Waals surface area contributed by atoms with E-state index >= 15 is 0 Å². The van der Waals surface area contributed by atoms with Gasteiger partial charge in [0, 0.05) is 12.6 Å². The lowest BCUT2D eigenvalue weighted by atomic mass is 9.52. The maximum absolute atomic E-state index is 13.3. The summed E-state index contributed by atoms with van der Waals surface area (Å²) < 4.78 is 7.60. The lowest BCUT2D eigenvalue weighted by molar-refractivity contribution is -0.147. The lowest BCUT2D eigenvalue weighted by Crippen LogP contribution is -2.61. The monoisotopic (exact) mass is 447 g/mol. The van der Waals surface area contributed by atoms with Crippen LogP contribution in [0.3, 0.4) is 0 Å². The SMILES string of the molecule is CC(C)COc1c(C(=O)NC2C3CC4CC2CC(O)(C4)C3)cnn1CCC(C)(C)C(=O)O.